The van der Waals surface area contributed by atoms with Gasteiger partial charge in [0.2, 0.25) is 5.91 Å². The van der Waals surface area contributed by atoms with Gasteiger partial charge in [-0.2, -0.15) is 0 Å². The highest BCUT2D eigenvalue weighted by Gasteiger charge is 2.27. The zero-order valence-electron chi connectivity index (χ0n) is 16.4. The second-order valence-corrected chi connectivity index (χ2v) is 7.45. The Bertz CT molecular complexity index is 583. The molecule has 144 valence electrons. The molecule has 1 fully saturated rings. The third-order valence-electron chi connectivity index (χ3n) is 5.03. The van der Waals surface area contributed by atoms with Crippen LogP contribution in [0.2, 0.25) is 0 Å². The third kappa shape index (κ3) is 6.02. The van der Waals surface area contributed by atoms with Crippen molar-refractivity contribution in [2.45, 2.75) is 38.3 Å². The maximum absolute atomic E-state index is 12.7. The van der Waals surface area contributed by atoms with Crippen molar-refractivity contribution in [2.24, 2.45) is 0 Å². The van der Waals surface area contributed by atoms with Gasteiger partial charge in [0.25, 0.3) is 0 Å². The minimum absolute atomic E-state index is 0.00305. The van der Waals surface area contributed by atoms with Gasteiger partial charge in [-0.25, -0.2) is 4.79 Å². The first-order valence-electron chi connectivity index (χ1n) is 9.34. The molecule has 1 unspecified atom stereocenters. The molecule has 3 amide bonds. The van der Waals surface area contributed by atoms with Gasteiger partial charge in [0.1, 0.15) is 0 Å². The molecule has 0 spiro atoms. The Morgan fingerprint density at radius 3 is 2.31 bits per heavy atom. The molecule has 1 aliphatic rings. The molecule has 0 radical (unpaired) electrons. The van der Waals surface area contributed by atoms with Crippen molar-refractivity contribution in [1.29, 1.82) is 0 Å². The summed E-state index contributed by atoms with van der Waals surface area (Å²) in [6, 6.07) is 10.6. The predicted octanol–water partition coefficient (Wildman–Crippen LogP) is 1.81. The predicted molar refractivity (Wildman–Crippen MR) is 104 cm³/mol. The van der Waals surface area contributed by atoms with Gasteiger partial charge in [-0.05, 0) is 38.9 Å². The summed E-state index contributed by atoms with van der Waals surface area (Å²) in [7, 11) is 5.89. The molecular formula is C20H32N4O2. The number of rotatable bonds is 6. The highest BCUT2D eigenvalue weighted by Crippen LogP contribution is 2.16. The zero-order chi connectivity index (χ0) is 19.1. The standard InChI is InChI=1S/C20H32N4O2/c1-16(25)23(4)19-10-12-24(13-11-19)20(26)21-18(15-22(2)3)14-17-8-6-5-7-9-17/h5-9,18-19H,10-15H2,1-4H3,(H,21,26). The number of benzene rings is 1. The number of hydrogen-bond donors (Lipinski definition) is 1. The van der Waals surface area contributed by atoms with E-state index in [0.717, 1.165) is 25.8 Å². The van der Waals surface area contributed by atoms with Crippen LogP contribution in [-0.4, -0.2) is 79.5 Å². The van der Waals surface area contributed by atoms with E-state index in [1.807, 2.05) is 44.2 Å². The van der Waals surface area contributed by atoms with Crippen molar-refractivity contribution in [2.75, 3.05) is 40.8 Å². The van der Waals surface area contributed by atoms with Crippen LogP contribution in [0.15, 0.2) is 30.3 Å². The maximum Gasteiger partial charge on any atom is 0.317 e. The lowest BCUT2D eigenvalue weighted by Gasteiger charge is -2.37. The van der Waals surface area contributed by atoms with E-state index in [2.05, 4.69) is 22.3 Å². The van der Waals surface area contributed by atoms with Crippen LogP contribution in [0.4, 0.5) is 4.79 Å². The van der Waals surface area contributed by atoms with Crippen LogP contribution in [0, 0.1) is 0 Å². The Balaban J connectivity index is 1.89. The molecular weight excluding hydrogens is 328 g/mol. The Morgan fingerprint density at radius 2 is 1.77 bits per heavy atom. The van der Waals surface area contributed by atoms with Gasteiger partial charge >= 0.3 is 6.03 Å². The average molecular weight is 361 g/mol. The van der Waals surface area contributed by atoms with E-state index >= 15 is 0 Å². The van der Waals surface area contributed by atoms with E-state index < -0.39 is 0 Å². The van der Waals surface area contributed by atoms with Gasteiger partial charge in [-0.15, -0.1) is 0 Å². The highest BCUT2D eigenvalue weighted by atomic mass is 16.2. The van der Waals surface area contributed by atoms with Gasteiger partial charge in [0.05, 0.1) is 0 Å². The summed E-state index contributed by atoms with van der Waals surface area (Å²) in [5, 5.41) is 3.20. The van der Waals surface area contributed by atoms with E-state index in [9.17, 15) is 9.59 Å². The quantitative estimate of drug-likeness (QED) is 0.842. The summed E-state index contributed by atoms with van der Waals surface area (Å²) in [6.07, 6.45) is 2.48. The second kappa shape index (κ2) is 9.57. The lowest BCUT2D eigenvalue weighted by molar-refractivity contribution is -0.130. The fourth-order valence-corrected chi connectivity index (χ4v) is 3.48. The molecule has 1 N–H and O–H groups in total. The molecule has 0 bridgehead atoms. The Kier molecular flexibility index (Phi) is 7.45. The smallest absolute Gasteiger partial charge is 0.317 e. The lowest BCUT2D eigenvalue weighted by Crippen LogP contribution is -2.53. The summed E-state index contributed by atoms with van der Waals surface area (Å²) in [5.41, 5.74) is 1.22. The normalized spacial score (nSPS) is 16.4. The van der Waals surface area contributed by atoms with E-state index in [0.29, 0.717) is 13.1 Å². The minimum atomic E-state index is -0.00305. The van der Waals surface area contributed by atoms with Crippen molar-refractivity contribution in [3.05, 3.63) is 35.9 Å². The molecule has 6 nitrogen and oxygen atoms in total. The molecule has 1 atom stereocenters. The van der Waals surface area contributed by atoms with E-state index in [4.69, 9.17) is 0 Å². The molecule has 1 aromatic carbocycles. The molecule has 0 aliphatic carbocycles. The van der Waals surface area contributed by atoms with Crippen molar-refractivity contribution < 1.29 is 9.59 Å². The molecule has 26 heavy (non-hydrogen) atoms. The largest absolute Gasteiger partial charge is 0.343 e. The number of urea groups is 1. The Hall–Kier alpha value is -2.08. The molecule has 0 saturated carbocycles. The lowest BCUT2D eigenvalue weighted by atomic mass is 10.0. The van der Waals surface area contributed by atoms with Crippen LogP contribution in [0.25, 0.3) is 0 Å². The number of hydrogen-bond acceptors (Lipinski definition) is 3. The van der Waals surface area contributed by atoms with Crippen LogP contribution in [0.3, 0.4) is 0 Å². The Morgan fingerprint density at radius 1 is 1.15 bits per heavy atom. The number of likely N-dealkylation sites (N-methyl/N-ethyl adjacent to an activating group) is 1. The van der Waals surface area contributed by atoms with Gasteiger partial charge in [-0.3, -0.25) is 4.79 Å². The number of likely N-dealkylation sites (tertiary alicyclic amines) is 1. The van der Waals surface area contributed by atoms with Crippen LogP contribution in [0.1, 0.15) is 25.3 Å². The molecule has 0 aromatic heterocycles. The number of carbonyl (C=O) groups is 2. The molecule has 1 aliphatic heterocycles. The van der Waals surface area contributed by atoms with Crippen molar-refractivity contribution in [1.82, 2.24) is 20.0 Å². The number of carbonyl (C=O) groups excluding carboxylic acids is 2. The van der Waals surface area contributed by atoms with E-state index in [-0.39, 0.29) is 24.0 Å². The fourth-order valence-electron chi connectivity index (χ4n) is 3.48. The first kappa shape index (κ1) is 20.2. The number of nitrogens with zero attached hydrogens (tertiary/aromatic N) is 3. The number of nitrogens with one attached hydrogen (secondary N) is 1. The third-order valence-corrected chi connectivity index (χ3v) is 5.03. The van der Waals surface area contributed by atoms with Crippen LogP contribution >= 0.6 is 0 Å². The average Bonchev–Trinajstić information content (AvgIpc) is 2.61. The van der Waals surface area contributed by atoms with Crippen LogP contribution in [0.5, 0.6) is 0 Å². The minimum Gasteiger partial charge on any atom is -0.343 e. The summed E-state index contributed by atoms with van der Waals surface area (Å²) in [4.78, 5) is 30.0. The van der Waals surface area contributed by atoms with E-state index in [1.165, 1.54) is 5.56 Å². The summed E-state index contributed by atoms with van der Waals surface area (Å²) >= 11 is 0. The maximum atomic E-state index is 12.7. The van der Waals surface area contributed by atoms with Crippen molar-refractivity contribution >= 4 is 11.9 Å². The first-order valence-corrected chi connectivity index (χ1v) is 9.34. The van der Waals surface area contributed by atoms with Crippen LogP contribution in [-0.2, 0) is 11.2 Å². The van der Waals surface area contributed by atoms with Gasteiger partial charge in [-0.1, -0.05) is 30.3 Å². The topological polar surface area (TPSA) is 55.9 Å². The fraction of sp³-hybridized carbons (Fsp3) is 0.600. The zero-order valence-corrected chi connectivity index (χ0v) is 16.4. The summed E-state index contributed by atoms with van der Waals surface area (Å²) in [6.45, 7) is 3.76. The van der Waals surface area contributed by atoms with Gasteiger partial charge < -0.3 is 20.0 Å². The van der Waals surface area contributed by atoms with Crippen LogP contribution < -0.4 is 5.32 Å². The summed E-state index contributed by atoms with van der Waals surface area (Å²) < 4.78 is 0. The molecule has 1 aromatic rings. The molecule has 1 heterocycles. The number of amides is 3. The summed E-state index contributed by atoms with van der Waals surface area (Å²) in [5.74, 6) is 0.0850. The van der Waals surface area contributed by atoms with Crippen molar-refractivity contribution in [3.63, 3.8) is 0 Å². The first-order chi connectivity index (χ1) is 12.4. The monoisotopic (exact) mass is 360 g/mol. The molecule has 1 saturated heterocycles. The SMILES string of the molecule is CC(=O)N(C)C1CCN(C(=O)NC(Cc2ccccc2)CN(C)C)CC1. The Labute approximate surface area is 157 Å². The molecule has 6 heteroatoms. The molecule has 2 rings (SSSR count). The second-order valence-electron chi connectivity index (χ2n) is 7.45. The highest BCUT2D eigenvalue weighted by molar-refractivity contribution is 5.75. The van der Waals surface area contributed by atoms with Gasteiger partial charge in [0, 0.05) is 45.7 Å². The van der Waals surface area contributed by atoms with Gasteiger partial charge in [0.15, 0.2) is 0 Å². The number of piperidine rings is 1. The van der Waals surface area contributed by atoms with E-state index in [1.54, 1.807) is 11.8 Å². The van der Waals surface area contributed by atoms with Crippen molar-refractivity contribution in [3.8, 4) is 0 Å².